The first-order chi connectivity index (χ1) is 15.1. The first-order valence-corrected chi connectivity index (χ1v) is 10.8. The van der Waals surface area contributed by atoms with Crippen LogP contribution >= 0.6 is 11.6 Å². The number of aromatic nitrogens is 2. The lowest BCUT2D eigenvalue weighted by Crippen LogP contribution is -2.49. The zero-order valence-corrected chi connectivity index (χ0v) is 17.7. The van der Waals surface area contributed by atoms with Crippen molar-refractivity contribution < 1.29 is 4.79 Å². The van der Waals surface area contributed by atoms with Crippen molar-refractivity contribution in [3.05, 3.63) is 98.7 Å². The Hall–Kier alpha value is -3.18. The number of likely N-dealkylation sites (tertiary alicyclic amines) is 1. The van der Waals surface area contributed by atoms with E-state index in [1.807, 2.05) is 45.9 Å². The van der Waals surface area contributed by atoms with Crippen molar-refractivity contribution >= 4 is 29.7 Å². The van der Waals surface area contributed by atoms with Gasteiger partial charge < -0.3 is 9.47 Å². The normalized spacial score (nSPS) is 20.0. The minimum absolute atomic E-state index is 0.0297. The summed E-state index contributed by atoms with van der Waals surface area (Å²) in [5.41, 5.74) is 3.78. The van der Waals surface area contributed by atoms with Gasteiger partial charge in [0.2, 0.25) is 0 Å². The van der Waals surface area contributed by atoms with Crippen molar-refractivity contribution in [3.8, 4) is 0 Å². The predicted molar refractivity (Wildman–Crippen MR) is 122 cm³/mol. The number of pyridine rings is 2. The molecule has 2 bridgehead atoms. The molecule has 1 saturated heterocycles. The quantitative estimate of drug-likeness (QED) is 0.620. The second-order valence-electron chi connectivity index (χ2n) is 8.25. The Morgan fingerprint density at radius 1 is 0.968 bits per heavy atom. The molecule has 2 atom stereocenters. The second-order valence-corrected chi connectivity index (χ2v) is 8.69. The summed E-state index contributed by atoms with van der Waals surface area (Å²) < 4.78 is 1.91. The van der Waals surface area contributed by atoms with Crippen molar-refractivity contribution in [1.82, 2.24) is 14.5 Å². The molecule has 4 heterocycles. The lowest BCUT2D eigenvalue weighted by molar-refractivity contribution is 0.0594. The highest BCUT2D eigenvalue weighted by atomic mass is 35.5. The van der Waals surface area contributed by atoms with Crippen LogP contribution in [0.5, 0.6) is 0 Å². The van der Waals surface area contributed by atoms with E-state index in [2.05, 4.69) is 11.1 Å². The Kier molecular flexibility index (Phi) is 5.20. The van der Waals surface area contributed by atoms with Gasteiger partial charge in [0.15, 0.2) is 0 Å². The molecule has 0 N–H and O–H groups in total. The van der Waals surface area contributed by atoms with Crippen LogP contribution in [0.25, 0.3) is 12.2 Å². The Labute approximate surface area is 185 Å². The Balaban J connectivity index is 1.47. The molecular weight excluding hydrogens is 410 g/mol. The maximum absolute atomic E-state index is 13.0. The van der Waals surface area contributed by atoms with E-state index >= 15 is 0 Å². The first-order valence-electron chi connectivity index (χ1n) is 10.4. The number of carbonyl (C=O) groups is 1. The lowest BCUT2D eigenvalue weighted by atomic mass is 9.81. The summed E-state index contributed by atoms with van der Waals surface area (Å²) in [6, 6.07) is 14.7. The standard InChI is InChI=1S/C25H22ClN3O2/c26-22-6-2-17(3-7-22)1-4-19-5-8-23(30)29-15-18-13-21(24(19)29)16-28(14-18)25(31)20-9-11-27-12-10-20/h1-12,18,21H,13-16H2. The summed E-state index contributed by atoms with van der Waals surface area (Å²) >= 11 is 5.98. The Morgan fingerprint density at radius 3 is 2.52 bits per heavy atom. The molecule has 0 radical (unpaired) electrons. The molecule has 2 aliphatic heterocycles. The fourth-order valence-electron chi connectivity index (χ4n) is 4.79. The molecule has 1 aromatic carbocycles. The number of piperidine rings is 1. The summed E-state index contributed by atoms with van der Waals surface area (Å²) in [4.78, 5) is 31.6. The minimum Gasteiger partial charge on any atom is -0.338 e. The third-order valence-corrected chi connectivity index (χ3v) is 6.41. The zero-order valence-electron chi connectivity index (χ0n) is 16.9. The molecule has 31 heavy (non-hydrogen) atoms. The van der Waals surface area contributed by atoms with Gasteiger partial charge in [-0.25, -0.2) is 0 Å². The second kappa shape index (κ2) is 8.16. The molecule has 0 spiro atoms. The van der Waals surface area contributed by atoms with Gasteiger partial charge >= 0.3 is 0 Å². The highest BCUT2D eigenvalue weighted by molar-refractivity contribution is 6.30. The summed E-state index contributed by atoms with van der Waals surface area (Å²) in [5, 5.41) is 0.702. The summed E-state index contributed by atoms with van der Waals surface area (Å²) in [5.74, 6) is 0.448. The van der Waals surface area contributed by atoms with Crippen LogP contribution in [0, 0.1) is 5.92 Å². The average Bonchev–Trinajstić information content (AvgIpc) is 2.80. The third kappa shape index (κ3) is 3.93. The van der Waals surface area contributed by atoms with Crippen molar-refractivity contribution in [1.29, 1.82) is 0 Å². The first kappa shape index (κ1) is 19.8. The van der Waals surface area contributed by atoms with E-state index < -0.39 is 0 Å². The number of benzene rings is 1. The van der Waals surface area contributed by atoms with Crippen LogP contribution in [0.15, 0.2) is 65.7 Å². The molecule has 2 aromatic heterocycles. The maximum Gasteiger partial charge on any atom is 0.253 e. The minimum atomic E-state index is 0.0297. The van der Waals surface area contributed by atoms with E-state index in [1.54, 1.807) is 30.6 Å². The molecule has 0 saturated carbocycles. The van der Waals surface area contributed by atoms with Gasteiger partial charge in [-0.15, -0.1) is 0 Å². The molecular formula is C25H22ClN3O2. The molecule has 5 nitrogen and oxygen atoms in total. The van der Waals surface area contributed by atoms with Gasteiger partial charge in [0.25, 0.3) is 11.5 Å². The van der Waals surface area contributed by atoms with Gasteiger partial charge in [-0.2, -0.15) is 0 Å². The molecule has 3 aromatic rings. The van der Waals surface area contributed by atoms with Gasteiger partial charge in [-0.05, 0) is 53.8 Å². The van der Waals surface area contributed by atoms with Crippen LogP contribution < -0.4 is 5.56 Å². The van der Waals surface area contributed by atoms with Crippen molar-refractivity contribution in [2.75, 3.05) is 13.1 Å². The predicted octanol–water partition coefficient (Wildman–Crippen LogP) is 4.33. The highest BCUT2D eigenvalue weighted by Crippen LogP contribution is 2.37. The number of halogens is 1. The van der Waals surface area contributed by atoms with E-state index in [0.717, 1.165) is 23.2 Å². The number of carbonyl (C=O) groups excluding carboxylic acids is 1. The van der Waals surface area contributed by atoms with Gasteiger partial charge in [0.1, 0.15) is 0 Å². The molecule has 1 fully saturated rings. The highest BCUT2D eigenvalue weighted by Gasteiger charge is 2.37. The van der Waals surface area contributed by atoms with E-state index in [-0.39, 0.29) is 23.3 Å². The van der Waals surface area contributed by atoms with Crippen LogP contribution in [0.4, 0.5) is 0 Å². The van der Waals surface area contributed by atoms with Crippen molar-refractivity contribution in [3.63, 3.8) is 0 Å². The largest absolute Gasteiger partial charge is 0.338 e. The van der Waals surface area contributed by atoms with Crippen LogP contribution in [-0.2, 0) is 6.54 Å². The summed E-state index contributed by atoms with van der Waals surface area (Å²) in [7, 11) is 0. The SMILES string of the molecule is O=C(c1ccncc1)N1CC2CC(C1)c1c(C=Cc3ccc(Cl)cc3)ccc(=O)n1C2. The maximum atomic E-state index is 13.0. The van der Waals surface area contributed by atoms with Crippen LogP contribution in [-0.4, -0.2) is 33.4 Å². The summed E-state index contributed by atoms with van der Waals surface area (Å²) in [6.07, 6.45) is 8.37. The molecule has 0 aliphatic carbocycles. The average molecular weight is 432 g/mol. The zero-order chi connectivity index (χ0) is 21.4. The molecule has 2 unspecified atom stereocenters. The van der Waals surface area contributed by atoms with Crippen LogP contribution in [0.1, 0.15) is 39.5 Å². The van der Waals surface area contributed by atoms with Crippen LogP contribution in [0.3, 0.4) is 0 Å². The number of hydrogen-bond donors (Lipinski definition) is 0. The lowest BCUT2D eigenvalue weighted by Gasteiger charge is -2.43. The number of amides is 1. The van der Waals surface area contributed by atoms with Gasteiger partial charge in [0.05, 0.1) is 0 Å². The monoisotopic (exact) mass is 431 g/mol. The number of hydrogen-bond acceptors (Lipinski definition) is 3. The van der Waals surface area contributed by atoms with E-state index in [4.69, 9.17) is 11.6 Å². The molecule has 1 amide bonds. The van der Waals surface area contributed by atoms with E-state index in [1.165, 1.54) is 0 Å². The topological polar surface area (TPSA) is 55.2 Å². The van der Waals surface area contributed by atoms with Crippen molar-refractivity contribution in [2.45, 2.75) is 18.9 Å². The Morgan fingerprint density at radius 2 is 1.74 bits per heavy atom. The van der Waals surface area contributed by atoms with Gasteiger partial charge in [-0.3, -0.25) is 14.6 Å². The fraction of sp³-hybridized carbons (Fsp3) is 0.240. The molecule has 6 heteroatoms. The molecule has 5 rings (SSSR count). The van der Waals surface area contributed by atoms with Gasteiger partial charge in [0, 0.05) is 60.3 Å². The molecule has 2 aliphatic rings. The fourth-order valence-corrected chi connectivity index (χ4v) is 4.92. The van der Waals surface area contributed by atoms with Crippen LogP contribution in [0.2, 0.25) is 5.02 Å². The Bertz CT molecular complexity index is 1200. The number of fused-ring (bicyclic) bond motifs is 4. The van der Waals surface area contributed by atoms with E-state index in [0.29, 0.717) is 30.2 Å². The van der Waals surface area contributed by atoms with Crippen molar-refractivity contribution in [2.24, 2.45) is 5.92 Å². The van der Waals surface area contributed by atoms with Gasteiger partial charge in [-0.1, -0.05) is 35.9 Å². The summed E-state index contributed by atoms with van der Waals surface area (Å²) in [6.45, 7) is 1.94. The number of rotatable bonds is 3. The smallest absolute Gasteiger partial charge is 0.253 e. The molecule has 156 valence electrons. The third-order valence-electron chi connectivity index (χ3n) is 6.16. The number of nitrogens with zero attached hydrogens (tertiary/aromatic N) is 3. The van der Waals surface area contributed by atoms with E-state index in [9.17, 15) is 9.59 Å².